The molecule has 13 heteroatoms. The second kappa shape index (κ2) is 14.4. The minimum atomic E-state index is -1.36. The molecule has 0 aromatic heterocycles. The maximum atomic E-state index is 14.0. The van der Waals surface area contributed by atoms with E-state index in [4.69, 9.17) is 23.7 Å². The number of fused-ring (bicyclic) bond motifs is 1. The summed E-state index contributed by atoms with van der Waals surface area (Å²) < 4.78 is 43.2. The van der Waals surface area contributed by atoms with E-state index in [1.165, 1.54) is 7.11 Å². The third-order valence-corrected chi connectivity index (χ3v) is 10.3. The van der Waals surface area contributed by atoms with Crippen molar-refractivity contribution < 1.29 is 47.6 Å². The Morgan fingerprint density at radius 3 is 2.56 bits per heavy atom. The molecule has 3 N–H and O–H groups in total. The Balaban J connectivity index is 1.22. The molecule has 2 saturated heterocycles. The van der Waals surface area contributed by atoms with E-state index in [0.29, 0.717) is 38.0 Å². The topological polar surface area (TPSA) is 154 Å². The average Bonchev–Trinajstić information content (AvgIpc) is 3.67. The van der Waals surface area contributed by atoms with E-state index in [1.54, 1.807) is 0 Å². The molecule has 0 aromatic carbocycles. The van der Waals surface area contributed by atoms with E-state index < -0.39 is 73.6 Å². The minimum Gasteiger partial charge on any atom is -0.453 e. The molecule has 4 fully saturated rings. The molecular formula is C32H46FN3O9. The molecule has 0 radical (unpaired) electrons. The monoisotopic (exact) mass is 635 g/mol. The summed E-state index contributed by atoms with van der Waals surface area (Å²) in [5.74, 6) is -0.906. The lowest BCUT2D eigenvalue weighted by atomic mass is 9.85. The van der Waals surface area contributed by atoms with E-state index in [1.807, 2.05) is 0 Å². The Kier molecular flexibility index (Phi) is 10.4. The van der Waals surface area contributed by atoms with Crippen molar-refractivity contribution in [2.45, 2.75) is 145 Å². The maximum absolute atomic E-state index is 14.0. The normalized spacial score (nSPS) is 38.1. The standard InChI is InChI=1S/C32H46FN3O9/c1-41-31-28(44-30(39)24-14-18-8-3-5-12-22(18)36-24)27(43-29(38)23-13-17-7-2-4-11-21(17)35-23)26(25(16-37)42-31)45-32(40)34-20-10-6-9-19(33)15-20/h17,19-21,23,25-28,31,35,37H,2-16H2,1H3,(H,34,40)/t17?,19?,20?,21?,23?,25-,26-,27+,28-,31+/m1/s1. The van der Waals surface area contributed by atoms with Gasteiger partial charge in [-0.05, 0) is 82.1 Å². The summed E-state index contributed by atoms with van der Waals surface area (Å²) in [5.41, 5.74) is 2.30. The van der Waals surface area contributed by atoms with Crippen LogP contribution in [0.5, 0.6) is 0 Å². The van der Waals surface area contributed by atoms with Gasteiger partial charge in [0.15, 0.2) is 24.6 Å². The Labute approximate surface area is 262 Å². The van der Waals surface area contributed by atoms with Crippen LogP contribution in [0.1, 0.15) is 89.9 Å². The van der Waals surface area contributed by atoms with Gasteiger partial charge < -0.3 is 39.4 Å². The first-order chi connectivity index (χ1) is 21.8. The number of rotatable bonds is 8. The van der Waals surface area contributed by atoms with Gasteiger partial charge in [0, 0.05) is 31.3 Å². The van der Waals surface area contributed by atoms with Crippen molar-refractivity contribution in [2.75, 3.05) is 13.7 Å². The smallest absolute Gasteiger partial charge is 0.407 e. The molecule has 0 aromatic rings. The zero-order valence-corrected chi connectivity index (χ0v) is 25.9. The number of aliphatic hydroxyl groups excluding tert-OH is 1. The van der Waals surface area contributed by atoms with Gasteiger partial charge in [-0.15, -0.1) is 0 Å². The number of aliphatic hydroxyl groups is 1. The Hall–Kier alpha value is -2.61. The summed E-state index contributed by atoms with van der Waals surface area (Å²) in [6, 6.07) is -0.785. The lowest BCUT2D eigenvalue weighted by Gasteiger charge is -2.44. The number of amides is 1. The highest BCUT2D eigenvalue weighted by atomic mass is 19.1. The fourth-order valence-corrected chi connectivity index (χ4v) is 7.91. The van der Waals surface area contributed by atoms with Gasteiger partial charge in [0.05, 0.1) is 6.61 Å². The number of hydrogen-bond donors (Lipinski definition) is 3. The van der Waals surface area contributed by atoms with Crippen molar-refractivity contribution in [3.63, 3.8) is 0 Å². The van der Waals surface area contributed by atoms with Gasteiger partial charge >= 0.3 is 18.0 Å². The van der Waals surface area contributed by atoms with Gasteiger partial charge in [-0.25, -0.2) is 19.0 Å². The van der Waals surface area contributed by atoms with Gasteiger partial charge in [-0.1, -0.05) is 12.8 Å². The fraction of sp³-hybridized carbons (Fsp3) is 0.812. The van der Waals surface area contributed by atoms with Crippen molar-refractivity contribution in [1.82, 2.24) is 10.6 Å². The molecule has 10 atom stereocenters. The number of allylic oxidation sites excluding steroid dienone is 2. The molecular weight excluding hydrogens is 589 g/mol. The number of hydrogen-bond acceptors (Lipinski definition) is 11. The summed E-state index contributed by atoms with van der Waals surface area (Å²) in [6.45, 7) is -0.600. The number of nitrogens with one attached hydrogen (secondary N) is 2. The van der Waals surface area contributed by atoms with Gasteiger partial charge in [-0.3, -0.25) is 4.79 Å². The number of methoxy groups -OCH3 is 1. The number of halogens is 1. The minimum absolute atomic E-state index is 0.167. The number of ether oxygens (including phenoxy) is 5. The van der Waals surface area contributed by atoms with Gasteiger partial charge in [0.1, 0.15) is 24.0 Å². The molecule has 3 aliphatic heterocycles. The summed E-state index contributed by atoms with van der Waals surface area (Å²) >= 11 is 0. The Morgan fingerprint density at radius 1 is 0.978 bits per heavy atom. The summed E-state index contributed by atoms with van der Waals surface area (Å²) in [5, 5.41) is 16.4. The Bertz CT molecular complexity index is 1170. The van der Waals surface area contributed by atoms with Crippen LogP contribution in [0.25, 0.3) is 0 Å². The molecule has 6 rings (SSSR count). The number of aliphatic imine (C=N–C) groups is 1. The number of nitrogens with zero attached hydrogens (tertiary/aromatic N) is 1. The number of alkyl halides is 1. The second-order valence-electron chi connectivity index (χ2n) is 13.3. The molecule has 5 unspecified atom stereocenters. The maximum Gasteiger partial charge on any atom is 0.407 e. The number of carbonyl (C=O) groups excluding carboxylic acids is 3. The highest BCUT2D eigenvalue weighted by Crippen LogP contribution is 2.36. The van der Waals surface area contributed by atoms with Crippen molar-refractivity contribution in [3.05, 3.63) is 11.3 Å². The molecule has 3 aliphatic carbocycles. The molecule has 1 amide bonds. The summed E-state index contributed by atoms with van der Waals surface area (Å²) in [4.78, 5) is 44.9. The van der Waals surface area contributed by atoms with Gasteiger partial charge in [0.2, 0.25) is 0 Å². The molecule has 250 valence electrons. The lowest BCUT2D eigenvalue weighted by molar-refractivity contribution is -0.298. The highest BCUT2D eigenvalue weighted by Gasteiger charge is 2.54. The predicted octanol–water partition coefficient (Wildman–Crippen LogP) is 3.14. The average molecular weight is 636 g/mol. The van der Waals surface area contributed by atoms with Crippen LogP contribution in [-0.2, 0) is 33.3 Å². The van der Waals surface area contributed by atoms with Gasteiger partial charge in [0.25, 0.3) is 0 Å². The van der Waals surface area contributed by atoms with Crippen LogP contribution in [0, 0.1) is 5.92 Å². The van der Waals surface area contributed by atoms with Crippen LogP contribution in [-0.4, -0.2) is 97.6 Å². The van der Waals surface area contributed by atoms with Crippen LogP contribution in [0.2, 0.25) is 0 Å². The quantitative estimate of drug-likeness (QED) is 0.268. The van der Waals surface area contributed by atoms with Crippen molar-refractivity contribution in [3.8, 4) is 0 Å². The predicted molar refractivity (Wildman–Crippen MR) is 158 cm³/mol. The molecule has 0 bridgehead atoms. The van der Waals surface area contributed by atoms with E-state index >= 15 is 0 Å². The van der Waals surface area contributed by atoms with Crippen molar-refractivity contribution in [2.24, 2.45) is 10.9 Å². The molecule has 45 heavy (non-hydrogen) atoms. The van der Waals surface area contributed by atoms with Gasteiger partial charge in [-0.2, -0.15) is 0 Å². The van der Waals surface area contributed by atoms with Crippen LogP contribution in [0.4, 0.5) is 9.18 Å². The van der Waals surface area contributed by atoms with Crippen molar-refractivity contribution >= 4 is 23.7 Å². The zero-order valence-electron chi connectivity index (χ0n) is 25.9. The zero-order chi connectivity index (χ0) is 31.5. The third-order valence-electron chi connectivity index (χ3n) is 10.3. The highest BCUT2D eigenvalue weighted by molar-refractivity contribution is 6.38. The first kappa shape index (κ1) is 32.3. The first-order valence-corrected chi connectivity index (χ1v) is 16.7. The van der Waals surface area contributed by atoms with Crippen LogP contribution < -0.4 is 10.6 Å². The first-order valence-electron chi connectivity index (χ1n) is 16.7. The van der Waals surface area contributed by atoms with Crippen LogP contribution in [0.3, 0.4) is 0 Å². The SMILES string of the molecule is CO[C@H]1O[C@H](CO)[C@@H](OC(=O)NC2CCCC(F)C2)[C@H](OC(=O)C2CC3CCCCC3N2)[C@H]1OC(=O)C1=NC2=C(CCCC2)C1. The fourth-order valence-electron chi connectivity index (χ4n) is 7.91. The van der Waals surface area contributed by atoms with E-state index in [-0.39, 0.29) is 18.2 Å². The molecule has 3 heterocycles. The summed E-state index contributed by atoms with van der Waals surface area (Å²) in [7, 11) is 1.35. The third kappa shape index (κ3) is 7.36. The van der Waals surface area contributed by atoms with Crippen molar-refractivity contribution in [1.29, 1.82) is 0 Å². The van der Waals surface area contributed by atoms with Crippen LogP contribution >= 0.6 is 0 Å². The van der Waals surface area contributed by atoms with E-state index in [0.717, 1.165) is 62.6 Å². The largest absolute Gasteiger partial charge is 0.453 e. The second-order valence-corrected chi connectivity index (χ2v) is 13.3. The molecule has 6 aliphatic rings. The number of alkyl carbamates (subject to hydrolysis) is 1. The molecule has 12 nitrogen and oxygen atoms in total. The lowest BCUT2D eigenvalue weighted by Crippen LogP contribution is -2.64. The van der Waals surface area contributed by atoms with Crippen LogP contribution in [0.15, 0.2) is 16.3 Å². The molecule has 2 saturated carbocycles. The number of carbonyl (C=O) groups is 3. The molecule has 0 spiro atoms. The van der Waals surface area contributed by atoms with E-state index in [2.05, 4.69) is 15.6 Å². The number of esters is 2. The summed E-state index contributed by atoms with van der Waals surface area (Å²) in [6.07, 6.45) is 2.48. The Morgan fingerprint density at radius 2 is 1.80 bits per heavy atom. The van der Waals surface area contributed by atoms with E-state index in [9.17, 15) is 23.9 Å².